The lowest BCUT2D eigenvalue weighted by Gasteiger charge is -2.35. The van der Waals surface area contributed by atoms with E-state index in [1.165, 1.54) is 4.90 Å². The summed E-state index contributed by atoms with van der Waals surface area (Å²) in [5.74, 6) is -0.470. The highest BCUT2D eigenvalue weighted by Crippen LogP contribution is 2.31. The van der Waals surface area contributed by atoms with Crippen LogP contribution in [0.4, 0.5) is 4.79 Å². The third kappa shape index (κ3) is 7.44. The van der Waals surface area contributed by atoms with Gasteiger partial charge in [0.2, 0.25) is 11.8 Å². The molecule has 3 fully saturated rings. The van der Waals surface area contributed by atoms with E-state index in [1.54, 1.807) is 29.2 Å². The van der Waals surface area contributed by atoms with Gasteiger partial charge in [-0.2, -0.15) is 4.72 Å². The quantitative estimate of drug-likeness (QED) is 0.407. The van der Waals surface area contributed by atoms with Crippen LogP contribution in [0.15, 0.2) is 28.5 Å². The monoisotopic (exact) mass is 652 g/mol. The standard InChI is InChI=1S/C29H41ClN6O5S2/c1-3-11-31-29(39)33(2)22-10-14-34(17-22)18-23-6-4-13-36(23)26(37)19-35-12-5-7-24(28(35)38)32-43(40,41)27-16-20-15-21(30)8-9-25(20)42-27/h8-9,15-16,22-24,32H,3-7,10-14,17-19H2,1-2H3,(H,31,39)/t22?,23-,24-/m0/s1. The number of nitrogens with one attached hydrogen (secondary N) is 2. The summed E-state index contributed by atoms with van der Waals surface area (Å²) in [6.45, 7) is 6.07. The number of thiophene rings is 1. The molecule has 5 rings (SSSR count). The number of carbonyl (C=O) groups excluding carboxylic acids is 3. The normalized spacial score (nSPS) is 23.3. The number of likely N-dealkylation sites (tertiary alicyclic amines) is 3. The summed E-state index contributed by atoms with van der Waals surface area (Å²) >= 11 is 7.18. The largest absolute Gasteiger partial charge is 0.338 e. The van der Waals surface area contributed by atoms with Gasteiger partial charge in [-0.25, -0.2) is 13.2 Å². The molecule has 43 heavy (non-hydrogen) atoms. The number of amides is 4. The van der Waals surface area contributed by atoms with Crippen molar-refractivity contribution in [3.8, 4) is 0 Å². The first kappa shape index (κ1) is 32.0. The van der Waals surface area contributed by atoms with Gasteiger partial charge in [-0.3, -0.25) is 14.5 Å². The summed E-state index contributed by atoms with van der Waals surface area (Å²) < 4.78 is 29.9. The lowest BCUT2D eigenvalue weighted by Crippen LogP contribution is -2.55. The van der Waals surface area contributed by atoms with Gasteiger partial charge in [-0.1, -0.05) is 18.5 Å². The van der Waals surface area contributed by atoms with E-state index >= 15 is 0 Å². The number of benzene rings is 1. The first-order chi connectivity index (χ1) is 20.6. The molecule has 0 saturated carbocycles. The van der Waals surface area contributed by atoms with Gasteiger partial charge < -0.3 is 20.0 Å². The highest BCUT2D eigenvalue weighted by atomic mass is 35.5. The molecule has 0 spiro atoms. The zero-order chi connectivity index (χ0) is 30.7. The number of hydrogen-bond donors (Lipinski definition) is 2. The maximum Gasteiger partial charge on any atom is 0.317 e. The third-order valence-corrected chi connectivity index (χ3v) is 12.0. The van der Waals surface area contributed by atoms with Gasteiger partial charge in [-0.05, 0) is 68.2 Å². The van der Waals surface area contributed by atoms with Gasteiger partial charge in [0.15, 0.2) is 0 Å². The van der Waals surface area contributed by atoms with Crippen LogP contribution in [0.5, 0.6) is 0 Å². The number of rotatable bonds is 10. The molecule has 0 aliphatic carbocycles. The molecule has 4 heterocycles. The second kappa shape index (κ2) is 13.7. The molecule has 3 aliphatic rings. The molecule has 236 valence electrons. The van der Waals surface area contributed by atoms with E-state index in [-0.39, 0.29) is 40.7 Å². The Morgan fingerprint density at radius 3 is 2.70 bits per heavy atom. The second-order valence-corrected chi connectivity index (χ2v) is 15.2. The van der Waals surface area contributed by atoms with Crippen LogP contribution in [0.2, 0.25) is 5.02 Å². The van der Waals surface area contributed by atoms with Crippen molar-refractivity contribution in [1.82, 2.24) is 29.6 Å². The molecule has 1 unspecified atom stereocenters. The lowest BCUT2D eigenvalue weighted by molar-refractivity contribution is -0.143. The van der Waals surface area contributed by atoms with Crippen molar-refractivity contribution in [2.24, 2.45) is 0 Å². The van der Waals surface area contributed by atoms with E-state index in [4.69, 9.17) is 11.6 Å². The fraction of sp³-hybridized carbons (Fsp3) is 0.621. The Labute approximate surface area is 262 Å². The minimum atomic E-state index is -3.93. The third-order valence-electron chi connectivity index (χ3n) is 8.68. The molecule has 3 aliphatic heterocycles. The summed E-state index contributed by atoms with van der Waals surface area (Å²) in [7, 11) is -2.09. The Hall–Kier alpha value is -2.45. The molecule has 2 N–H and O–H groups in total. The molecule has 3 atom stereocenters. The van der Waals surface area contributed by atoms with Crippen LogP contribution in [0.25, 0.3) is 10.1 Å². The van der Waals surface area contributed by atoms with Crippen molar-refractivity contribution >= 4 is 60.9 Å². The van der Waals surface area contributed by atoms with Gasteiger partial charge in [0.1, 0.15) is 10.3 Å². The van der Waals surface area contributed by atoms with Crippen LogP contribution in [-0.4, -0.2) is 117 Å². The number of sulfonamides is 1. The van der Waals surface area contributed by atoms with Crippen LogP contribution < -0.4 is 10.0 Å². The van der Waals surface area contributed by atoms with Crippen LogP contribution in [0.3, 0.4) is 0 Å². The Morgan fingerprint density at radius 2 is 1.91 bits per heavy atom. The van der Waals surface area contributed by atoms with Crippen LogP contribution in [0.1, 0.15) is 45.4 Å². The summed E-state index contributed by atoms with van der Waals surface area (Å²) in [4.78, 5) is 46.7. The zero-order valence-corrected chi connectivity index (χ0v) is 27.1. The predicted octanol–water partition coefficient (Wildman–Crippen LogP) is 2.94. The summed E-state index contributed by atoms with van der Waals surface area (Å²) in [5.41, 5.74) is 0. The topological polar surface area (TPSA) is 122 Å². The van der Waals surface area contributed by atoms with Crippen LogP contribution in [0, 0.1) is 0 Å². The van der Waals surface area contributed by atoms with Gasteiger partial charge in [-0.15, -0.1) is 11.3 Å². The average Bonchev–Trinajstić information content (AvgIpc) is 3.73. The van der Waals surface area contributed by atoms with Crippen molar-refractivity contribution in [2.75, 3.05) is 52.9 Å². The zero-order valence-electron chi connectivity index (χ0n) is 24.8. The fourth-order valence-corrected chi connectivity index (χ4v) is 9.10. The number of urea groups is 1. The van der Waals surface area contributed by atoms with Gasteiger partial charge >= 0.3 is 6.03 Å². The molecule has 2 aromatic rings. The van der Waals surface area contributed by atoms with E-state index in [0.29, 0.717) is 37.5 Å². The highest BCUT2D eigenvalue weighted by Gasteiger charge is 2.38. The van der Waals surface area contributed by atoms with Crippen LogP contribution in [-0.2, 0) is 19.6 Å². The molecular weight excluding hydrogens is 612 g/mol. The van der Waals surface area contributed by atoms with E-state index in [1.807, 2.05) is 18.9 Å². The molecule has 1 aromatic carbocycles. The molecule has 1 aromatic heterocycles. The molecule has 4 amide bonds. The number of halogens is 1. The summed E-state index contributed by atoms with van der Waals surface area (Å²) in [5, 5.41) is 4.19. The van der Waals surface area contributed by atoms with Crippen molar-refractivity contribution in [3.63, 3.8) is 0 Å². The second-order valence-electron chi connectivity index (χ2n) is 11.8. The first-order valence-electron chi connectivity index (χ1n) is 15.1. The average molecular weight is 653 g/mol. The number of nitrogens with zero attached hydrogens (tertiary/aromatic N) is 4. The molecule has 0 radical (unpaired) electrons. The van der Waals surface area contributed by atoms with E-state index in [2.05, 4.69) is 14.9 Å². The van der Waals surface area contributed by atoms with E-state index in [0.717, 1.165) is 66.7 Å². The van der Waals surface area contributed by atoms with E-state index < -0.39 is 16.1 Å². The van der Waals surface area contributed by atoms with Crippen molar-refractivity contribution in [1.29, 1.82) is 0 Å². The Balaban J connectivity index is 1.15. The van der Waals surface area contributed by atoms with Crippen LogP contribution >= 0.6 is 22.9 Å². The molecule has 3 saturated heterocycles. The maximum atomic E-state index is 13.5. The lowest BCUT2D eigenvalue weighted by atomic mass is 10.1. The number of fused-ring (bicyclic) bond motifs is 1. The predicted molar refractivity (Wildman–Crippen MR) is 168 cm³/mol. The smallest absolute Gasteiger partial charge is 0.317 e. The summed E-state index contributed by atoms with van der Waals surface area (Å²) in [6.07, 6.45) is 4.58. The van der Waals surface area contributed by atoms with Crippen molar-refractivity contribution in [2.45, 2.75) is 67.8 Å². The number of hydrogen-bond acceptors (Lipinski definition) is 7. The number of piperidine rings is 1. The van der Waals surface area contributed by atoms with Crippen molar-refractivity contribution < 1.29 is 22.8 Å². The highest BCUT2D eigenvalue weighted by molar-refractivity contribution is 7.91. The number of carbonyl (C=O) groups is 3. The molecular formula is C29H41ClN6O5S2. The minimum absolute atomic E-state index is 0.0492. The maximum absolute atomic E-state index is 13.5. The Kier molecular flexibility index (Phi) is 10.2. The van der Waals surface area contributed by atoms with Gasteiger partial charge in [0.25, 0.3) is 10.0 Å². The molecule has 14 heteroatoms. The minimum Gasteiger partial charge on any atom is -0.338 e. The number of likely N-dealkylation sites (N-methyl/N-ethyl adjacent to an activating group) is 1. The Bertz CT molecular complexity index is 1450. The Morgan fingerprint density at radius 1 is 1.12 bits per heavy atom. The van der Waals surface area contributed by atoms with E-state index in [9.17, 15) is 22.8 Å². The van der Waals surface area contributed by atoms with Gasteiger partial charge in [0.05, 0.1) is 6.54 Å². The molecule has 11 nitrogen and oxygen atoms in total. The molecule has 0 bridgehead atoms. The fourth-order valence-electron chi connectivity index (χ4n) is 6.30. The first-order valence-corrected chi connectivity index (χ1v) is 17.8. The summed E-state index contributed by atoms with van der Waals surface area (Å²) in [6, 6.07) is 6.00. The van der Waals surface area contributed by atoms with Crippen molar-refractivity contribution in [3.05, 3.63) is 29.3 Å². The van der Waals surface area contributed by atoms with Gasteiger partial charge in [0, 0.05) is 68.1 Å². The SMILES string of the molecule is CCCNC(=O)N(C)C1CCN(C[C@@H]2CCCN2C(=O)CN2CCC[C@H](NS(=O)(=O)c3cc4cc(Cl)ccc4s3)C2=O)C1.